The molecule has 0 aliphatic rings. The first-order valence-corrected chi connectivity index (χ1v) is 8.80. The predicted octanol–water partition coefficient (Wildman–Crippen LogP) is 4.72. The first kappa shape index (κ1) is 19.5. The number of amides is 1. The molecule has 0 aromatic heterocycles. The van der Waals surface area contributed by atoms with E-state index in [1.54, 1.807) is 13.0 Å². The topological polar surface area (TPSA) is 82.3 Å². The molecule has 0 atom stereocenters. The second-order valence-electron chi connectivity index (χ2n) is 5.72. The van der Waals surface area contributed by atoms with Gasteiger partial charge in [-0.25, -0.2) is 0 Å². The molecule has 1 amide bonds. The summed E-state index contributed by atoms with van der Waals surface area (Å²) in [4.78, 5) is 12.5. The maximum absolute atomic E-state index is 12.5. The lowest BCUT2D eigenvalue weighted by molar-refractivity contribution is -0.112. The lowest BCUT2D eigenvalue weighted by Crippen LogP contribution is -2.14. The molecule has 0 radical (unpaired) electrons. The van der Waals surface area contributed by atoms with Crippen molar-refractivity contribution in [1.29, 1.82) is 5.26 Å². The van der Waals surface area contributed by atoms with Crippen molar-refractivity contribution in [2.24, 2.45) is 0 Å². The van der Waals surface area contributed by atoms with E-state index in [-0.39, 0.29) is 17.1 Å². The highest BCUT2D eigenvalue weighted by Gasteiger charge is 2.14. The molecule has 0 aliphatic carbocycles. The number of hydrogen-bond donors (Lipinski definition) is 2. The van der Waals surface area contributed by atoms with E-state index in [9.17, 15) is 15.2 Å². The smallest absolute Gasteiger partial charge is 0.266 e. The maximum atomic E-state index is 12.5. The van der Waals surface area contributed by atoms with E-state index in [4.69, 9.17) is 4.74 Å². The second kappa shape index (κ2) is 8.54. The molecule has 134 valence electrons. The molecule has 0 saturated carbocycles. The number of ether oxygens (including phenoxy) is 1. The fourth-order valence-electron chi connectivity index (χ4n) is 2.30. The molecule has 2 aromatic carbocycles. The number of phenols is 1. The van der Waals surface area contributed by atoms with Gasteiger partial charge in [-0.1, -0.05) is 28.1 Å². The number of benzene rings is 2. The molecular weight excluding hydrogens is 396 g/mol. The highest BCUT2D eigenvalue weighted by Crippen LogP contribution is 2.33. The molecule has 26 heavy (non-hydrogen) atoms. The standard InChI is InChI=1S/C20H19BrN2O3/c1-4-26-19-9-14(16(21)10-18(19)24)8-15(11-22)20(25)23-17-7-12(2)5-6-13(17)3/h5-10,24H,4H2,1-3H3,(H,23,25)/b15-8+. The van der Waals surface area contributed by atoms with Gasteiger partial charge in [0.05, 0.1) is 6.61 Å². The average Bonchev–Trinajstić information content (AvgIpc) is 2.59. The van der Waals surface area contributed by atoms with Crippen molar-refractivity contribution < 1.29 is 14.6 Å². The zero-order valence-electron chi connectivity index (χ0n) is 14.8. The van der Waals surface area contributed by atoms with E-state index >= 15 is 0 Å². The Hall–Kier alpha value is -2.78. The zero-order chi connectivity index (χ0) is 19.3. The minimum absolute atomic E-state index is 0.0192. The molecular formula is C20H19BrN2O3. The van der Waals surface area contributed by atoms with E-state index in [1.807, 2.05) is 38.1 Å². The molecule has 0 fully saturated rings. The van der Waals surface area contributed by atoms with Gasteiger partial charge in [0.25, 0.3) is 5.91 Å². The largest absolute Gasteiger partial charge is 0.504 e. The zero-order valence-corrected chi connectivity index (χ0v) is 16.3. The van der Waals surface area contributed by atoms with Crippen LogP contribution in [0.5, 0.6) is 11.5 Å². The molecule has 0 bridgehead atoms. The number of nitrogens with zero attached hydrogens (tertiary/aromatic N) is 1. The van der Waals surface area contributed by atoms with E-state index in [2.05, 4.69) is 21.2 Å². The average molecular weight is 415 g/mol. The summed E-state index contributed by atoms with van der Waals surface area (Å²) in [5.74, 6) is -0.234. The van der Waals surface area contributed by atoms with Crippen molar-refractivity contribution in [3.8, 4) is 17.6 Å². The minimum atomic E-state index is -0.501. The summed E-state index contributed by atoms with van der Waals surface area (Å²) >= 11 is 3.33. The molecule has 0 unspecified atom stereocenters. The van der Waals surface area contributed by atoms with Crippen molar-refractivity contribution in [3.05, 3.63) is 57.1 Å². The number of aromatic hydroxyl groups is 1. The van der Waals surface area contributed by atoms with Gasteiger partial charge >= 0.3 is 0 Å². The Labute approximate surface area is 161 Å². The number of nitrogens with one attached hydrogen (secondary N) is 1. The van der Waals surface area contributed by atoms with E-state index in [1.165, 1.54) is 12.1 Å². The summed E-state index contributed by atoms with van der Waals surface area (Å²) in [6.07, 6.45) is 1.45. The summed E-state index contributed by atoms with van der Waals surface area (Å²) in [6.45, 7) is 6.00. The summed E-state index contributed by atoms with van der Waals surface area (Å²) in [5, 5.41) is 22.0. The number of carbonyl (C=O) groups excluding carboxylic acids is 1. The normalized spacial score (nSPS) is 11.0. The van der Waals surface area contributed by atoms with Gasteiger partial charge in [-0.2, -0.15) is 5.26 Å². The van der Waals surface area contributed by atoms with Crippen LogP contribution in [0.2, 0.25) is 0 Å². The SMILES string of the molecule is CCOc1cc(/C=C(\C#N)C(=O)Nc2cc(C)ccc2C)c(Br)cc1O. The molecule has 2 rings (SSSR count). The van der Waals surface area contributed by atoms with Gasteiger partial charge in [0.2, 0.25) is 0 Å². The van der Waals surface area contributed by atoms with Crippen LogP contribution < -0.4 is 10.1 Å². The number of hydrogen-bond acceptors (Lipinski definition) is 4. The lowest BCUT2D eigenvalue weighted by Gasteiger charge is -2.10. The summed E-state index contributed by atoms with van der Waals surface area (Å²) in [7, 11) is 0. The van der Waals surface area contributed by atoms with E-state index < -0.39 is 5.91 Å². The summed E-state index contributed by atoms with van der Waals surface area (Å²) in [5.41, 5.74) is 3.08. The third-order valence-corrected chi connectivity index (χ3v) is 4.37. The third kappa shape index (κ3) is 4.64. The van der Waals surface area contributed by atoms with Gasteiger partial charge in [-0.05, 0) is 61.7 Å². The quantitative estimate of drug-likeness (QED) is 0.547. The first-order valence-electron chi connectivity index (χ1n) is 8.01. The van der Waals surface area contributed by atoms with Gasteiger partial charge in [-0.3, -0.25) is 4.79 Å². The van der Waals surface area contributed by atoms with Crippen LogP contribution in [0, 0.1) is 25.2 Å². The lowest BCUT2D eigenvalue weighted by atomic mass is 10.1. The molecule has 0 heterocycles. The molecule has 0 spiro atoms. The van der Waals surface area contributed by atoms with Crippen LogP contribution in [0.1, 0.15) is 23.6 Å². The van der Waals surface area contributed by atoms with Gasteiger partial charge in [0.1, 0.15) is 11.6 Å². The molecule has 0 saturated heterocycles. The number of halogens is 1. The van der Waals surface area contributed by atoms with Crippen molar-refractivity contribution in [3.63, 3.8) is 0 Å². The highest BCUT2D eigenvalue weighted by atomic mass is 79.9. The predicted molar refractivity (Wildman–Crippen MR) is 105 cm³/mol. The Morgan fingerprint density at radius 1 is 1.35 bits per heavy atom. The fraction of sp³-hybridized carbons (Fsp3) is 0.200. The molecule has 6 heteroatoms. The fourth-order valence-corrected chi connectivity index (χ4v) is 2.75. The van der Waals surface area contributed by atoms with Crippen molar-refractivity contribution in [1.82, 2.24) is 0 Å². The number of rotatable bonds is 5. The number of anilines is 1. The first-order chi connectivity index (χ1) is 12.3. The molecule has 5 nitrogen and oxygen atoms in total. The Kier molecular flexibility index (Phi) is 6.42. The van der Waals surface area contributed by atoms with E-state index in [0.29, 0.717) is 22.3 Å². The van der Waals surface area contributed by atoms with Crippen LogP contribution in [-0.2, 0) is 4.79 Å². The van der Waals surface area contributed by atoms with Gasteiger partial charge in [0, 0.05) is 10.2 Å². The molecule has 2 aromatic rings. The highest BCUT2D eigenvalue weighted by molar-refractivity contribution is 9.10. The summed E-state index contributed by atoms with van der Waals surface area (Å²) in [6, 6.07) is 10.7. The minimum Gasteiger partial charge on any atom is -0.504 e. The van der Waals surface area contributed by atoms with Crippen LogP contribution in [0.15, 0.2) is 40.4 Å². The van der Waals surface area contributed by atoms with E-state index in [0.717, 1.165) is 11.1 Å². The Bertz CT molecular complexity index is 914. The van der Waals surface area contributed by atoms with Crippen molar-refractivity contribution >= 4 is 33.6 Å². The van der Waals surface area contributed by atoms with Crippen LogP contribution in [0.3, 0.4) is 0 Å². The van der Waals surface area contributed by atoms with Crippen molar-refractivity contribution in [2.45, 2.75) is 20.8 Å². The molecule has 2 N–H and O–H groups in total. The molecule has 0 aliphatic heterocycles. The van der Waals surface area contributed by atoms with Crippen molar-refractivity contribution in [2.75, 3.05) is 11.9 Å². The Balaban J connectivity index is 2.35. The van der Waals surface area contributed by atoms with Gasteiger partial charge < -0.3 is 15.2 Å². The second-order valence-corrected chi connectivity index (χ2v) is 6.57. The Morgan fingerprint density at radius 2 is 2.08 bits per heavy atom. The monoisotopic (exact) mass is 414 g/mol. The summed E-state index contributed by atoms with van der Waals surface area (Å²) < 4.78 is 5.90. The Morgan fingerprint density at radius 3 is 2.73 bits per heavy atom. The van der Waals surface area contributed by atoms with Gasteiger partial charge in [-0.15, -0.1) is 0 Å². The van der Waals surface area contributed by atoms with Crippen LogP contribution >= 0.6 is 15.9 Å². The maximum Gasteiger partial charge on any atom is 0.266 e. The number of aryl methyl sites for hydroxylation is 2. The van der Waals surface area contributed by atoms with Crippen LogP contribution in [-0.4, -0.2) is 17.6 Å². The van der Waals surface area contributed by atoms with Crippen LogP contribution in [0.25, 0.3) is 6.08 Å². The number of nitriles is 1. The van der Waals surface area contributed by atoms with Gasteiger partial charge in [0.15, 0.2) is 11.5 Å². The third-order valence-electron chi connectivity index (χ3n) is 3.68. The number of phenolic OH excluding ortho intramolecular Hbond substituents is 1. The van der Waals surface area contributed by atoms with Crippen LogP contribution in [0.4, 0.5) is 5.69 Å². The number of carbonyl (C=O) groups is 1.